The predicted octanol–water partition coefficient (Wildman–Crippen LogP) is 0.990. The minimum absolute atomic E-state index is 0.00926. The number of hydrazine groups is 1. The molecule has 1 amide bonds. The Morgan fingerprint density at radius 3 is 2.57 bits per heavy atom. The molecule has 0 radical (unpaired) electrons. The number of rotatable bonds is 6. The SMILES string of the molecule is O=C(O)C(CNC(=O)C1NNC(C2CC2)C1Br)c1ccccc1. The summed E-state index contributed by atoms with van der Waals surface area (Å²) in [5, 5.41) is 12.2. The third kappa shape index (κ3) is 3.73. The molecule has 2 fully saturated rings. The molecule has 1 heterocycles. The second-order valence-corrected chi connectivity index (χ2v) is 7.18. The number of carboxylic acids is 1. The molecule has 4 atom stereocenters. The van der Waals surface area contributed by atoms with Crippen molar-refractivity contribution in [1.29, 1.82) is 0 Å². The van der Waals surface area contributed by atoms with Gasteiger partial charge < -0.3 is 10.4 Å². The molecule has 0 spiro atoms. The van der Waals surface area contributed by atoms with Crippen LogP contribution in [0.4, 0.5) is 0 Å². The van der Waals surface area contributed by atoms with Crippen LogP contribution >= 0.6 is 15.9 Å². The van der Waals surface area contributed by atoms with Crippen LogP contribution in [0.2, 0.25) is 0 Å². The van der Waals surface area contributed by atoms with Crippen LogP contribution in [0.15, 0.2) is 30.3 Å². The van der Waals surface area contributed by atoms with Gasteiger partial charge in [0.2, 0.25) is 5.91 Å². The molecule has 23 heavy (non-hydrogen) atoms. The Kier molecular flexibility index (Phi) is 4.99. The third-order valence-corrected chi connectivity index (χ3v) is 5.56. The lowest BCUT2D eigenvalue weighted by Crippen LogP contribution is -2.47. The molecule has 1 saturated carbocycles. The van der Waals surface area contributed by atoms with Gasteiger partial charge in [-0.3, -0.25) is 15.0 Å². The van der Waals surface area contributed by atoms with E-state index in [-0.39, 0.29) is 23.3 Å². The molecular formula is C16H20BrN3O3. The first kappa shape index (κ1) is 16.4. The average Bonchev–Trinajstić information content (AvgIpc) is 3.30. The highest BCUT2D eigenvalue weighted by molar-refractivity contribution is 9.09. The van der Waals surface area contributed by atoms with Gasteiger partial charge in [0, 0.05) is 12.6 Å². The molecule has 0 bridgehead atoms. The van der Waals surface area contributed by atoms with Gasteiger partial charge in [-0.15, -0.1) is 0 Å². The van der Waals surface area contributed by atoms with E-state index in [0.29, 0.717) is 11.5 Å². The fourth-order valence-corrected chi connectivity index (χ4v) is 3.88. The maximum atomic E-state index is 12.4. The van der Waals surface area contributed by atoms with Crippen LogP contribution in [0, 0.1) is 5.92 Å². The van der Waals surface area contributed by atoms with Gasteiger partial charge in [-0.25, -0.2) is 5.43 Å². The largest absolute Gasteiger partial charge is 0.481 e. The lowest BCUT2D eigenvalue weighted by molar-refractivity contribution is -0.138. The Labute approximate surface area is 143 Å². The fourth-order valence-electron chi connectivity index (χ4n) is 2.94. The number of carbonyl (C=O) groups excluding carboxylic acids is 1. The highest BCUT2D eigenvalue weighted by atomic mass is 79.9. The zero-order valence-corrected chi connectivity index (χ0v) is 14.1. The van der Waals surface area contributed by atoms with Gasteiger partial charge >= 0.3 is 5.97 Å². The molecule has 2 aliphatic rings. The first-order chi connectivity index (χ1) is 11.1. The molecule has 1 aliphatic heterocycles. The van der Waals surface area contributed by atoms with Gasteiger partial charge in [0.15, 0.2) is 0 Å². The molecule has 7 heteroatoms. The summed E-state index contributed by atoms with van der Waals surface area (Å²) in [7, 11) is 0. The van der Waals surface area contributed by atoms with Crippen LogP contribution in [0.1, 0.15) is 24.3 Å². The van der Waals surface area contributed by atoms with Crippen LogP contribution < -0.4 is 16.2 Å². The summed E-state index contributed by atoms with van der Waals surface area (Å²) in [6, 6.07) is 8.80. The van der Waals surface area contributed by atoms with Crippen molar-refractivity contribution < 1.29 is 14.7 Å². The molecule has 1 aliphatic carbocycles. The number of aliphatic carboxylic acids is 1. The van der Waals surface area contributed by atoms with Crippen molar-refractivity contribution in [2.24, 2.45) is 5.92 Å². The zero-order chi connectivity index (χ0) is 16.4. The van der Waals surface area contributed by atoms with Gasteiger partial charge in [0.1, 0.15) is 6.04 Å². The highest BCUT2D eigenvalue weighted by Gasteiger charge is 2.45. The van der Waals surface area contributed by atoms with E-state index in [4.69, 9.17) is 0 Å². The van der Waals surface area contributed by atoms with E-state index in [1.54, 1.807) is 24.3 Å². The molecule has 124 valence electrons. The third-order valence-electron chi connectivity index (χ3n) is 4.46. The number of carbonyl (C=O) groups is 2. The standard InChI is InChI=1S/C16H20BrN3O3/c17-12-13(10-6-7-10)19-20-14(12)15(21)18-8-11(16(22)23)9-4-2-1-3-5-9/h1-5,10-14,19-20H,6-8H2,(H,18,21)(H,22,23). The quantitative estimate of drug-likeness (QED) is 0.551. The van der Waals surface area contributed by atoms with E-state index in [9.17, 15) is 14.7 Å². The van der Waals surface area contributed by atoms with Crippen molar-refractivity contribution in [3.63, 3.8) is 0 Å². The van der Waals surface area contributed by atoms with Crippen molar-refractivity contribution in [2.75, 3.05) is 6.54 Å². The smallest absolute Gasteiger partial charge is 0.312 e. The van der Waals surface area contributed by atoms with Crippen molar-refractivity contribution in [3.8, 4) is 0 Å². The van der Waals surface area contributed by atoms with Crippen LogP contribution in [-0.4, -0.2) is 40.4 Å². The second-order valence-electron chi connectivity index (χ2n) is 6.12. The number of alkyl halides is 1. The highest BCUT2D eigenvalue weighted by Crippen LogP contribution is 2.38. The monoisotopic (exact) mass is 381 g/mol. The lowest BCUT2D eigenvalue weighted by Gasteiger charge is -2.18. The first-order valence-corrected chi connectivity index (χ1v) is 8.70. The summed E-state index contributed by atoms with van der Waals surface area (Å²) in [6.07, 6.45) is 2.37. The summed E-state index contributed by atoms with van der Waals surface area (Å²) in [5.74, 6) is -1.27. The number of benzene rings is 1. The van der Waals surface area contributed by atoms with Crippen molar-refractivity contribution in [3.05, 3.63) is 35.9 Å². The van der Waals surface area contributed by atoms with Crippen molar-refractivity contribution in [2.45, 2.75) is 35.7 Å². The minimum Gasteiger partial charge on any atom is -0.481 e. The van der Waals surface area contributed by atoms with E-state index in [1.807, 2.05) is 6.07 Å². The van der Waals surface area contributed by atoms with E-state index in [2.05, 4.69) is 32.1 Å². The second kappa shape index (κ2) is 6.98. The molecular weight excluding hydrogens is 362 g/mol. The molecule has 6 nitrogen and oxygen atoms in total. The maximum absolute atomic E-state index is 12.4. The number of nitrogens with one attached hydrogen (secondary N) is 3. The van der Waals surface area contributed by atoms with Crippen molar-refractivity contribution in [1.82, 2.24) is 16.2 Å². The summed E-state index contributed by atoms with van der Waals surface area (Å²) in [4.78, 5) is 23.8. The van der Waals surface area contributed by atoms with Crippen molar-refractivity contribution >= 4 is 27.8 Å². The van der Waals surface area contributed by atoms with E-state index >= 15 is 0 Å². The number of halogens is 1. The number of carboxylic acid groups (broad SMARTS) is 1. The average molecular weight is 382 g/mol. The topological polar surface area (TPSA) is 90.5 Å². The van der Waals surface area contributed by atoms with E-state index < -0.39 is 17.9 Å². The fraction of sp³-hybridized carbons (Fsp3) is 0.500. The Bertz CT molecular complexity index is 579. The molecule has 1 aromatic carbocycles. The minimum atomic E-state index is -0.944. The molecule has 3 rings (SSSR count). The van der Waals surface area contributed by atoms with Gasteiger partial charge in [-0.1, -0.05) is 46.3 Å². The van der Waals surface area contributed by atoms with Gasteiger partial charge in [-0.05, 0) is 24.3 Å². The molecule has 4 unspecified atom stereocenters. The Balaban J connectivity index is 1.58. The summed E-state index contributed by atoms with van der Waals surface area (Å²) < 4.78 is 0. The number of amides is 1. The number of hydrogen-bond acceptors (Lipinski definition) is 4. The first-order valence-electron chi connectivity index (χ1n) is 7.78. The lowest BCUT2D eigenvalue weighted by atomic mass is 9.99. The predicted molar refractivity (Wildman–Crippen MR) is 89.1 cm³/mol. The molecule has 0 aromatic heterocycles. The van der Waals surface area contributed by atoms with Crippen LogP contribution in [0.3, 0.4) is 0 Å². The molecule has 1 saturated heterocycles. The normalized spacial score (nSPS) is 28.3. The molecule has 1 aromatic rings. The zero-order valence-electron chi connectivity index (χ0n) is 12.5. The molecule has 4 N–H and O–H groups in total. The number of hydrogen-bond donors (Lipinski definition) is 4. The van der Waals surface area contributed by atoms with Gasteiger partial charge in [-0.2, -0.15) is 0 Å². The van der Waals surface area contributed by atoms with E-state index in [1.165, 1.54) is 12.8 Å². The maximum Gasteiger partial charge on any atom is 0.312 e. The Morgan fingerprint density at radius 2 is 1.96 bits per heavy atom. The van der Waals surface area contributed by atoms with Crippen LogP contribution in [-0.2, 0) is 9.59 Å². The Hall–Kier alpha value is -1.44. The summed E-state index contributed by atoms with van der Waals surface area (Å²) in [5.41, 5.74) is 6.87. The van der Waals surface area contributed by atoms with E-state index in [0.717, 1.165) is 0 Å². The summed E-state index contributed by atoms with van der Waals surface area (Å²) >= 11 is 3.59. The van der Waals surface area contributed by atoms with Crippen LogP contribution in [0.5, 0.6) is 0 Å². The van der Waals surface area contributed by atoms with Gasteiger partial charge in [0.05, 0.1) is 10.7 Å². The van der Waals surface area contributed by atoms with Crippen LogP contribution in [0.25, 0.3) is 0 Å². The van der Waals surface area contributed by atoms with Gasteiger partial charge in [0.25, 0.3) is 0 Å². The summed E-state index contributed by atoms with van der Waals surface area (Å²) in [6.45, 7) is 0.0736. The Morgan fingerprint density at radius 1 is 1.26 bits per heavy atom.